The highest BCUT2D eigenvalue weighted by atomic mass is 32.2. The van der Waals surface area contributed by atoms with E-state index >= 15 is 0 Å². The minimum Gasteiger partial charge on any atom is -0.319 e. The quantitative estimate of drug-likeness (QED) is 0.809. The third kappa shape index (κ3) is 4.09. The van der Waals surface area contributed by atoms with Gasteiger partial charge in [-0.15, -0.1) is 5.10 Å². The van der Waals surface area contributed by atoms with E-state index in [9.17, 15) is 13.6 Å². The van der Waals surface area contributed by atoms with Crippen molar-refractivity contribution in [1.29, 1.82) is 0 Å². The summed E-state index contributed by atoms with van der Waals surface area (Å²) in [6.45, 7) is 1.81. The standard InChI is InChI=1S/C15H17F2N5OS/c16-15(17)24-13-4-2-1-3-11(13)19-14(23)12-9-22(21-20-12)10-5-7-18-8-6-10/h1-4,9-10,15,18H,5-8H2,(H,19,23). The van der Waals surface area contributed by atoms with Crippen molar-refractivity contribution in [1.82, 2.24) is 20.3 Å². The summed E-state index contributed by atoms with van der Waals surface area (Å²) in [7, 11) is 0. The molecule has 2 aromatic rings. The number of alkyl halides is 2. The van der Waals surface area contributed by atoms with Gasteiger partial charge in [-0.2, -0.15) is 8.78 Å². The largest absolute Gasteiger partial charge is 0.319 e. The van der Waals surface area contributed by atoms with Gasteiger partial charge in [-0.1, -0.05) is 29.1 Å². The number of anilines is 1. The number of carbonyl (C=O) groups excluding carboxylic acids is 1. The molecule has 0 atom stereocenters. The number of nitrogens with zero attached hydrogens (tertiary/aromatic N) is 3. The summed E-state index contributed by atoms with van der Waals surface area (Å²) in [5.41, 5.74) is 0.509. The summed E-state index contributed by atoms with van der Waals surface area (Å²) < 4.78 is 26.9. The number of carbonyl (C=O) groups is 1. The predicted octanol–water partition coefficient (Wildman–Crippen LogP) is 2.77. The second-order valence-electron chi connectivity index (χ2n) is 5.39. The van der Waals surface area contributed by atoms with Crippen molar-refractivity contribution in [2.45, 2.75) is 29.5 Å². The molecule has 0 unspecified atom stereocenters. The van der Waals surface area contributed by atoms with E-state index in [-0.39, 0.29) is 11.7 Å². The third-order valence-electron chi connectivity index (χ3n) is 3.78. The van der Waals surface area contributed by atoms with Crippen LogP contribution in [0.15, 0.2) is 35.4 Å². The number of nitrogens with one attached hydrogen (secondary N) is 2. The van der Waals surface area contributed by atoms with Crippen LogP contribution in [0.4, 0.5) is 14.5 Å². The van der Waals surface area contributed by atoms with Crippen LogP contribution in [0.2, 0.25) is 0 Å². The summed E-state index contributed by atoms with van der Waals surface area (Å²) >= 11 is 0.394. The molecule has 24 heavy (non-hydrogen) atoms. The molecule has 3 rings (SSSR count). The molecule has 1 saturated heterocycles. The lowest BCUT2D eigenvalue weighted by atomic mass is 10.1. The number of halogens is 2. The molecular formula is C15H17F2N5OS. The van der Waals surface area contributed by atoms with Crippen molar-refractivity contribution >= 4 is 23.4 Å². The highest BCUT2D eigenvalue weighted by Crippen LogP contribution is 2.31. The third-order valence-corrected chi connectivity index (χ3v) is 4.57. The normalized spacial score (nSPS) is 15.6. The Morgan fingerprint density at radius 3 is 2.83 bits per heavy atom. The number of thioether (sulfide) groups is 1. The molecule has 1 aliphatic rings. The molecule has 2 N–H and O–H groups in total. The molecule has 128 valence electrons. The topological polar surface area (TPSA) is 71.8 Å². The van der Waals surface area contributed by atoms with Crippen molar-refractivity contribution in [3.05, 3.63) is 36.2 Å². The van der Waals surface area contributed by atoms with E-state index in [1.165, 1.54) is 6.07 Å². The molecular weight excluding hydrogens is 336 g/mol. The number of hydrogen-bond donors (Lipinski definition) is 2. The zero-order chi connectivity index (χ0) is 16.9. The Morgan fingerprint density at radius 1 is 1.33 bits per heavy atom. The second kappa shape index (κ2) is 7.71. The smallest absolute Gasteiger partial charge is 0.288 e. The number of benzene rings is 1. The van der Waals surface area contributed by atoms with Crippen molar-refractivity contribution in [3.8, 4) is 0 Å². The van der Waals surface area contributed by atoms with Crippen molar-refractivity contribution in [2.75, 3.05) is 18.4 Å². The van der Waals surface area contributed by atoms with E-state index < -0.39 is 11.7 Å². The van der Waals surface area contributed by atoms with Gasteiger partial charge in [0.25, 0.3) is 11.7 Å². The summed E-state index contributed by atoms with van der Waals surface area (Å²) in [5, 5.41) is 13.8. The first kappa shape index (κ1) is 16.8. The molecule has 0 radical (unpaired) electrons. The van der Waals surface area contributed by atoms with Gasteiger partial charge in [0.1, 0.15) is 0 Å². The van der Waals surface area contributed by atoms with Gasteiger partial charge < -0.3 is 10.6 Å². The van der Waals surface area contributed by atoms with Gasteiger partial charge in [-0.05, 0) is 38.1 Å². The van der Waals surface area contributed by atoms with E-state index in [0.29, 0.717) is 22.3 Å². The molecule has 0 saturated carbocycles. The Balaban J connectivity index is 1.70. The van der Waals surface area contributed by atoms with Gasteiger partial charge in [0.15, 0.2) is 5.69 Å². The lowest BCUT2D eigenvalue weighted by molar-refractivity contribution is 0.102. The first-order valence-corrected chi connectivity index (χ1v) is 8.49. The summed E-state index contributed by atoms with van der Waals surface area (Å²) in [5.74, 6) is -3.01. The molecule has 0 spiro atoms. The molecule has 9 heteroatoms. The molecule has 0 bridgehead atoms. The minimum atomic E-state index is -2.55. The van der Waals surface area contributed by atoms with Crippen LogP contribution in [0.1, 0.15) is 29.4 Å². The van der Waals surface area contributed by atoms with E-state index in [0.717, 1.165) is 25.9 Å². The van der Waals surface area contributed by atoms with Gasteiger partial charge >= 0.3 is 0 Å². The van der Waals surface area contributed by atoms with E-state index in [2.05, 4.69) is 20.9 Å². The van der Waals surface area contributed by atoms with Crippen LogP contribution in [0, 0.1) is 0 Å². The summed E-state index contributed by atoms with van der Waals surface area (Å²) in [6, 6.07) is 6.67. The maximum absolute atomic E-state index is 12.6. The van der Waals surface area contributed by atoms with Crippen LogP contribution in [0.5, 0.6) is 0 Å². The van der Waals surface area contributed by atoms with Gasteiger partial charge in [-0.25, -0.2) is 4.68 Å². The van der Waals surface area contributed by atoms with E-state index in [1.54, 1.807) is 29.1 Å². The van der Waals surface area contributed by atoms with Crippen molar-refractivity contribution < 1.29 is 13.6 Å². The number of para-hydroxylation sites is 1. The molecule has 0 aliphatic carbocycles. The molecule has 1 amide bonds. The van der Waals surface area contributed by atoms with Crippen LogP contribution in [-0.2, 0) is 0 Å². The number of aromatic nitrogens is 3. The number of piperidine rings is 1. The lowest BCUT2D eigenvalue weighted by Gasteiger charge is -2.22. The lowest BCUT2D eigenvalue weighted by Crippen LogP contribution is -2.29. The number of rotatable bonds is 5. The van der Waals surface area contributed by atoms with Crippen molar-refractivity contribution in [2.24, 2.45) is 0 Å². The fraction of sp³-hybridized carbons (Fsp3) is 0.400. The molecule has 2 heterocycles. The fourth-order valence-corrected chi connectivity index (χ4v) is 3.18. The Kier molecular flexibility index (Phi) is 5.41. The Hall–Kier alpha value is -2.00. The first-order chi connectivity index (χ1) is 11.6. The molecule has 1 aromatic heterocycles. The fourth-order valence-electron chi connectivity index (χ4n) is 2.59. The van der Waals surface area contributed by atoms with Crippen LogP contribution in [-0.4, -0.2) is 39.7 Å². The van der Waals surface area contributed by atoms with Crippen LogP contribution >= 0.6 is 11.8 Å². The Morgan fingerprint density at radius 2 is 2.08 bits per heavy atom. The maximum Gasteiger partial charge on any atom is 0.288 e. The van der Waals surface area contributed by atoms with Crippen LogP contribution in [0.25, 0.3) is 0 Å². The Bertz CT molecular complexity index is 703. The average Bonchev–Trinajstić information content (AvgIpc) is 3.07. The Labute approximate surface area is 142 Å². The SMILES string of the molecule is O=C(Nc1ccccc1SC(F)F)c1cn(C2CCNCC2)nn1. The average molecular weight is 353 g/mol. The van der Waals surface area contributed by atoms with Crippen LogP contribution < -0.4 is 10.6 Å². The zero-order valence-electron chi connectivity index (χ0n) is 12.8. The zero-order valence-corrected chi connectivity index (χ0v) is 13.6. The number of hydrogen-bond acceptors (Lipinski definition) is 5. The number of amides is 1. The predicted molar refractivity (Wildman–Crippen MR) is 87.4 cm³/mol. The molecule has 1 aliphatic heterocycles. The maximum atomic E-state index is 12.6. The first-order valence-electron chi connectivity index (χ1n) is 7.61. The highest BCUT2D eigenvalue weighted by molar-refractivity contribution is 7.99. The van der Waals surface area contributed by atoms with Gasteiger partial charge in [-0.3, -0.25) is 4.79 Å². The summed E-state index contributed by atoms with van der Waals surface area (Å²) in [6.07, 6.45) is 3.46. The van der Waals surface area contributed by atoms with Crippen LogP contribution in [0.3, 0.4) is 0 Å². The second-order valence-corrected chi connectivity index (χ2v) is 6.43. The highest BCUT2D eigenvalue weighted by Gasteiger charge is 2.19. The molecule has 6 nitrogen and oxygen atoms in total. The van der Waals surface area contributed by atoms with Crippen molar-refractivity contribution in [3.63, 3.8) is 0 Å². The molecule has 1 aromatic carbocycles. The van der Waals surface area contributed by atoms with Gasteiger partial charge in [0, 0.05) is 4.90 Å². The van der Waals surface area contributed by atoms with E-state index in [1.807, 2.05) is 0 Å². The monoisotopic (exact) mass is 353 g/mol. The van der Waals surface area contributed by atoms with Gasteiger partial charge in [0.2, 0.25) is 0 Å². The van der Waals surface area contributed by atoms with E-state index in [4.69, 9.17) is 0 Å². The van der Waals surface area contributed by atoms with Gasteiger partial charge in [0.05, 0.1) is 17.9 Å². The molecule has 1 fully saturated rings. The summed E-state index contributed by atoms with van der Waals surface area (Å²) in [4.78, 5) is 12.6. The minimum absolute atomic E-state index is 0.172.